The average molecular weight is 228 g/mol. The van der Waals surface area contributed by atoms with Gasteiger partial charge in [0.05, 0.1) is 0 Å². The van der Waals surface area contributed by atoms with Gasteiger partial charge < -0.3 is 0 Å². The second-order valence-corrected chi connectivity index (χ2v) is 3.68. The molecular formula is C10H8N6O. The zero-order valence-electron chi connectivity index (χ0n) is 8.82. The zero-order chi connectivity index (χ0) is 12.3. The highest BCUT2D eigenvalue weighted by Crippen LogP contribution is 2.33. The van der Waals surface area contributed by atoms with E-state index in [0.29, 0.717) is 12.0 Å². The second-order valence-electron chi connectivity index (χ2n) is 3.68. The standard InChI is InChI=1S/C10H8N6O/c11-15-13-10(14-16-12)6-5-7-3-1-2-4-8(7)9(10)17/h1-4H,5-6H2. The van der Waals surface area contributed by atoms with Crippen LogP contribution in [0, 0.1) is 0 Å². The fourth-order valence-corrected chi connectivity index (χ4v) is 1.96. The van der Waals surface area contributed by atoms with Crippen molar-refractivity contribution in [1.29, 1.82) is 0 Å². The molecule has 0 saturated carbocycles. The summed E-state index contributed by atoms with van der Waals surface area (Å²) in [6.07, 6.45) is 0.747. The Morgan fingerprint density at radius 2 is 1.82 bits per heavy atom. The highest BCUT2D eigenvalue weighted by atomic mass is 16.1. The molecule has 0 fully saturated rings. The molecular weight excluding hydrogens is 220 g/mol. The molecule has 0 radical (unpaired) electrons. The molecule has 0 spiro atoms. The van der Waals surface area contributed by atoms with Crippen LogP contribution in [0.4, 0.5) is 0 Å². The number of carbonyl (C=O) groups excluding carboxylic acids is 1. The molecule has 0 heterocycles. The Labute approximate surface area is 96.3 Å². The molecule has 1 aliphatic rings. The van der Waals surface area contributed by atoms with Crippen molar-refractivity contribution in [2.45, 2.75) is 18.5 Å². The number of azide groups is 1. The van der Waals surface area contributed by atoms with Crippen molar-refractivity contribution in [3.63, 3.8) is 0 Å². The fourth-order valence-electron chi connectivity index (χ4n) is 1.96. The number of benzene rings is 1. The minimum atomic E-state index is -1.64. The molecule has 1 aromatic carbocycles. The van der Waals surface area contributed by atoms with Crippen molar-refractivity contribution < 1.29 is 4.79 Å². The first-order valence-corrected chi connectivity index (χ1v) is 4.99. The Bertz CT molecular complexity index is 550. The number of rotatable bonds is 2. The molecule has 0 N–H and O–H groups in total. The molecule has 0 saturated heterocycles. The van der Waals surface area contributed by atoms with Crippen LogP contribution in [0.1, 0.15) is 22.3 Å². The molecule has 84 valence electrons. The van der Waals surface area contributed by atoms with Crippen molar-refractivity contribution >= 4 is 5.78 Å². The topological polar surface area (TPSA) is 115 Å². The second kappa shape index (κ2) is 4.17. The first kappa shape index (κ1) is 11.0. The van der Waals surface area contributed by atoms with Crippen LogP contribution in [0.15, 0.2) is 34.5 Å². The maximum atomic E-state index is 12.2. The van der Waals surface area contributed by atoms with E-state index in [9.17, 15) is 4.79 Å². The van der Waals surface area contributed by atoms with Gasteiger partial charge in [-0.2, -0.15) is 0 Å². The highest BCUT2D eigenvalue weighted by molar-refractivity contribution is 6.05. The van der Waals surface area contributed by atoms with E-state index in [1.807, 2.05) is 12.1 Å². The minimum absolute atomic E-state index is 0.205. The Morgan fingerprint density at radius 3 is 2.47 bits per heavy atom. The lowest BCUT2D eigenvalue weighted by atomic mass is 9.83. The van der Waals surface area contributed by atoms with Gasteiger partial charge in [0.25, 0.3) is 0 Å². The van der Waals surface area contributed by atoms with Crippen molar-refractivity contribution in [2.24, 2.45) is 10.2 Å². The summed E-state index contributed by atoms with van der Waals surface area (Å²) in [5, 5.41) is 6.79. The Kier molecular flexibility index (Phi) is 2.70. The Morgan fingerprint density at radius 1 is 1.18 bits per heavy atom. The van der Waals surface area contributed by atoms with Gasteiger partial charge in [-0.1, -0.05) is 34.5 Å². The molecule has 0 bridgehead atoms. The maximum absolute atomic E-state index is 12.2. The van der Waals surface area contributed by atoms with Gasteiger partial charge in [-0.15, -0.1) is 0 Å². The van der Waals surface area contributed by atoms with Crippen molar-refractivity contribution in [3.05, 3.63) is 56.3 Å². The lowest BCUT2D eigenvalue weighted by molar-refractivity contribution is 0.0872. The summed E-state index contributed by atoms with van der Waals surface area (Å²) in [4.78, 5) is 17.4. The fraction of sp³-hybridized carbons (Fsp3) is 0.300. The molecule has 1 aliphatic carbocycles. The van der Waals surface area contributed by atoms with Gasteiger partial charge in [0, 0.05) is 15.4 Å². The molecule has 0 unspecified atom stereocenters. The van der Waals surface area contributed by atoms with Crippen molar-refractivity contribution in [3.8, 4) is 0 Å². The van der Waals surface area contributed by atoms with E-state index in [1.54, 1.807) is 12.1 Å². The van der Waals surface area contributed by atoms with Gasteiger partial charge in [0.1, 0.15) is 0 Å². The van der Waals surface area contributed by atoms with Crippen LogP contribution >= 0.6 is 0 Å². The lowest BCUT2D eigenvalue weighted by Crippen LogP contribution is -2.38. The number of hydrogen-bond donors (Lipinski definition) is 0. The van der Waals surface area contributed by atoms with E-state index in [2.05, 4.69) is 20.1 Å². The predicted octanol–water partition coefficient (Wildman–Crippen LogP) is 3.13. The van der Waals surface area contributed by atoms with E-state index in [0.717, 1.165) is 5.56 Å². The Hall–Kier alpha value is -2.49. The molecule has 0 aromatic heterocycles. The third-order valence-electron chi connectivity index (χ3n) is 2.79. The van der Waals surface area contributed by atoms with E-state index in [1.165, 1.54) is 0 Å². The largest absolute Gasteiger partial charge is 0.293 e. The Balaban J connectivity index is 2.59. The predicted molar refractivity (Wildman–Crippen MR) is 60.1 cm³/mol. The molecule has 0 aliphatic heterocycles. The summed E-state index contributed by atoms with van der Waals surface area (Å²) >= 11 is 0. The van der Waals surface area contributed by atoms with E-state index in [-0.39, 0.29) is 6.42 Å². The van der Waals surface area contributed by atoms with Crippen LogP contribution in [-0.4, -0.2) is 11.4 Å². The summed E-state index contributed by atoms with van der Waals surface area (Å²) in [6, 6.07) is 7.04. The van der Waals surface area contributed by atoms with Gasteiger partial charge >= 0.3 is 0 Å². The first-order valence-electron chi connectivity index (χ1n) is 4.99. The van der Waals surface area contributed by atoms with Crippen LogP contribution in [0.5, 0.6) is 0 Å². The summed E-state index contributed by atoms with van der Waals surface area (Å²) in [6.45, 7) is 0. The number of Topliss-reactive ketones (excluding diaryl/α,β-unsaturated/α-hetero) is 1. The highest BCUT2D eigenvalue weighted by Gasteiger charge is 2.41. The average Bonchev–Trinajstić information content (AvgIpc) is 2.35. The number of nitrogens with zero attached hydrogens (tertiary/aromatic N) is 6. The lowest BCUT2D eigenvalue weighted by Gasteiger charge is -2.27. The maximum Gasteiger partial charge on any atom is 0.190 e. The normalized spacial score (nSPS) is 22.0. The van der Waals surface area contributed by atoms with Gasteiger partial charge in [-0.25, -0.2) is 0 Å². The quantitative estimate of drug-likeness (QED) is 0.431. The van der Waals surface area contributed by atoms with E-state index in [4.69, 9.17) is 11.1 Å². The molecule has 1 aromatic rings. The third kappa shape index (κ3) is 1.69. The van der Waals surface area contributed by atoms with Crippen molar-refractivity contribution in [2.75, 3.05) is 0 Å². The SMILES string of the molecule is [N-]=[N+]=NC1(N=[N+]=[N-])CCc2ccccc2C1=O. The van der Waals surface area contributed by atoms with Crippen molar-refractivity contribution in [1.82, 2.24) is 0 Å². The van der Waals surface area contributed by atoms with Crippen LogP contribution in [0.2, 0.25) is 0 Å². The van der Waals surface area contributed by atoms with E-state index >= 15 is 0 Å². The number of fused-ring (bicyclic) bond motifs is 1. The zero-order valence-corrected chi connectivity index (χ0v) is 8.82. The van der Waals surface area contributed by atoms with Crippen LogP contribution in [0.3, 0.4) is 0 Å². The minimum Gasteiger partial charge on any atom is -0.293 e. The molecule has 0 atom stereocenters. The van der Waals surface area contributed by atoms with Gasteiger partial charge in [-0.3, -0.25) is 4.79 Å². The number of hydrogen-bond acceptors (Lipinski definition) is 3. The number of ketones is 1. The molecule has 7 heteroatoms. The molecule has 7 nitrogen and oxygen atoms in total. The number of aryl methyl sites for hydroxylation is 1. The number of carbonyl (C=O) groups is 1. The van der Waals surface area contributed by atoms with Crippen LogP contribution in [-0.2, 0) is 6.42 Å². The van der Waals surface area contributed by atoms with Crippen LogP contribution in [0.25, 0.3) is 20.9 Å². The third-order valence-corrected chi connectivity index (χ3v) is 2.79. The monoisotopic (exact) mass is 228 g/mol. The molecule has 2 rings (SSSR count). The first-order chi connectivity index (χ1) is 8.23. The van der Waals surface area contributed by atoms with Gasteiger partial charge in [0.15, 0.2) is 11.4 Å². The summed E-state index contributed by atoms with van der Waals surface area (Å²) in [5.41, 5.74) is 16.7. The molecule has 17 heavy (non-hydrogen) atoms. The summed E-state index contributed by atoms with van der Waals surface area (Å²) < 4.78 is 0. The summed E-state index contributed by atoms with van der Waals surface area (Å²) in [7, 11) is 0. The van der Waals surface area contributed by atoms with Gasteiger partial charge in [0.2, 0.25) is 0 Å². The smallest absolute Gasteiger partial charge is 0.190 e. The summed E-state index contributed by atoms with van der Waals surface area (Å²) in [5.74, 6) is -0.435. The van der Waals surface area contributed by atoms with E-state index < -0.39 is 11.4 Å². The molecule has 0 amide bonds. The van der Waals surface area contributed by atoms with Gasteiger partial charge in [-0.05, 0) is 29.5 Å². The van der Waals surface area contributed by atoms with Crippen LogP contribution < -0.4 is 0 Å².